The number of anilines is 4. The first-order valence-corrected chi connectivity index (χ1v) is 8.41. The van der Waals surface area contributed by atoms with Crippen LogP contribution >= 0.6 is 0 Å². The average molecular weight is 375 g/mol. The van der Waals surface area contributed by atoms with Crippen LogP contribution in [0.1, 0.15) is 10.4 Å². The van der Waals surface area contributed by atoms with E-state index >= 15 is 0 Å². The quantitative estimate of drug-likeness (QED) is 0.422. The van der Waals surface area contributed by atoms with E-state index < -0.39 is 0 Å². The van der Waals surface area contributed by atoms with Gasteiger partial charge in [0.05, 0.1) is 12.6 Å². The molecule has 0 saturated heterocycles. The maximum absolute atomic E-state index is 12.6. The molecule has 4 aromatic rings. The van der Waals surface area contributed by atoms with Gasteiger partial charge in [-0.2, -0.15) is 10.1 Å². The van der Waals surface area contributed by atoms with Gasteiger partial charge >= 0.3 is 0 Å². The molecule has 2 heterocycles. The van der Waals surface area contributed by atoms with Crippen molar-refractivity contribution in [3.05, 3.63) is 60.3 Å². The molecule has 0 radical (unpaired) electrons. The van der Waals surface area contributed by atoms with Crippen LogP contribution in [0.15, 0.2) is 54.7 Å². The van der Waals surface area contributed by atoms with Gasteiger partial charge in [-0.15, -0.1) is 0 Å². The molecule has 0 fully saturated rings. The van der Waals surface area contributed by atoms with Crippen molar-refractivity contribution in [2.75, 3.05) is 23.5 Å². The summed E-state index contributed by atoms with van der Waals surface area (Å²) in [6.07, 6.45) is 1.57. The molecule has 0 aliphatic rings. The lowest BCUT2D eigenvalue weighted by Crippen LogP contribution is -2.12. The molecule has 9 nitrogen and oxygen atoms in total. The van der Waals surface area contributed by atoms with Crippen LogP contribution in [0, 0.1) is 0 Å². The Balaban J connectivity index is 1.60. The van der Waals surface area contributed by atoms with Crippen LogP contribution in [0.25, 0.3) is 10.9 Å². The van der Waals surface area contributed by atoms with Gasteiger partial charge in [0, 0.05) is 22.8 Å². The first-order valence-electron chi connectivity index (χ1n) is 8.41. The van der Waals surface area contributed by atoms with Crippen LogP contribution in [-0.4, -0.2) is 33.2 Å². The van der Waals surface area contributed by atoms with E-state index in [0.717, 1.165) is 16.6 Å². The highest BCUT2D eigenvalue weighted by atomic mass is 16.5. The third-order valence-electron chi connectivity index (χ3n) is 4.07. The van der Waals surface area contributed by atoms with Crippen molar-refractivity contribution in [3.8, 4) is 5.75 Å². The molecule has 0 atom stereocenters. The standard InChI is InChI=1S/C19H17N7O2/c1-28-13-4-2-3-11(9-13)18(27)24-17-14-10-12(5-6-15(14)25-26-17)22-16-7-8-21-19(20)23-16/h2-10H,1H3,(H3,20,21,22,23)(H2,24,25,26,27). The Bertz CT molecular complexity index is 1160. The number of hydrogen-bond donors (Lipinski definition) is 4. The highest BCUT2D eigenvalue weighted by molar-refractivity contribution is 6.08. The number of nitrogens with zero attached hydrogens (tertiary/aromatic N) is 3. The third kappa shape index (κ3) is 3.54. The normalized spacial score (nSPS) is 10.6. The summed E-state index contributed by atoms with van der Waals surface area (Å²) < 4.78 is 5.16. The van der Waals surface area contributed by atoms with E-state index in [9.17, 15) is 4.79 Å². The van der Waals surface area contributed by atoms with Gasteiger partial charge in [-0.1, -0.05) is 6.07 Å². The summed E-state index contributed by atoms with van der Waals surface area (Å²) >= 11 is 0. The fraction of sp³-hybridized carbons (Fsp3) is 0.0526. The Kier molecular flexibility index (Phi) is 4.47. The van der Waals surface area contributed by atoms with Gasteiger partial charge in [-0.3, -0.25) is 9.89 Å². The van der Waals surface area contributed by atoms with Crippen LogP contribution in [0.3, 0.4) is 0 Å². The Morgan fingerprint density at radius 1 is 1.18 bits per heavy atom. The van der Waals surface area contributed by atoms with Crippen molar-refractivity contribution in [1.29, 1.82) is 0 Å². The van der Waals surface area contributed by atoms with Gasteiger partial charge < -0.3 is 21.1 Å². The lowest BCUT2D eigenvalue weighted by Gasteiger charge is -2.07. The molecule has 2 aromatic carbocycles. The number of nitrogen functional groups attached to an aromatic ring is 1. The van der Waals surface area contributed by atoms with E-state index in [1.807, 2.05) is 18.2 Å². The molecule has 28 heavy (non-hydrogen) atoms. The smallest absolute Gasteiger partial charge is 0.257 e. The number of nitrogens with two attached hydrogens (primary N) is 1. The fourth-order valence-corrected chi connectivity index (χ4v) is 2.72. The fourth-order valence-electron chi connectivity index (χ4n) is 2.72. The summed E-state index contributed by atoms with van der Waals surface area (Å²) in [4.78, 5) is 20.6. The zero-order valence-electron chi connectivity index (χ0n) is 14.9. The van der Waals surface area contributed by atoms with Crippen LogP contribution in [-0.2, 0) is 0 Å². The number of benzene rings is 2. The maximum Gasteiger partial charge on any atom is 0.257 e. The van der Waals surface area contributed by atoms with Crippen molar-refractivity contribution < 1.29 is 9.53 Å². The van der Waals surface area contributed by atoms with Crippen LogP contribution < -0.4 is 21.1 Å². The number of ether oxygens (including phenoxy) is 1. The van der Waals surface area contributed by atoms with Gasteiger partial charge in [-0.05, 0) is 42.5 Å². The van der Waals surface area contributed by atoms with Gasteiger partial charge in [0.15, 0.2) is 5.82 Å². The number of nitrogens with one attached hydrogen (secondary N) is 3. The maximum atomic E-state index is 12.6. The Morgan fingerprint density at radius 2 is 2.07 bits per heavy atom. The molecule has 0 unspecified atom stereocenters. The molecule has 0 saturated carbocycles. The molecule has 140 valence electrons. The van der Waals surface area contributed by atoms with E-state index in [4.69, 9.17) is 10.5 Å². The highest BCUT2D eigenvalue weighted by Gasteiger charge is 2.12. The summed E-state index contributed by atoms with van der Waals surface area (Å²) in [6.45, 7) is 0. The number of aromatic nitrogens is 4. The van der Waals surface area contributed by atoms with Gasteiger partial charge in [0.25, 0.3) is 5.91 Å². The summed E-state index contributed by atoms with van der Waals surface area (Å²) in [5.74, 6) is 1.50. The lowest BCUT2D eigenvalue weighted by atomic mass is 10.2. The molecule has 5 N–H and O–H groups in total. The topological polar surface area (TPSA) is 131 Å². The average Bonchev–Trinajstić information content (AvgIpc) is 3.10. The van der Waals surface area contributed by atoms with Crippen molar-refractivity contribution in [1.82, 2.24) is 20.2 Å². The SMILES string of the molecule is COc1cccc(C(=O)Nc2n[nH]c3ccc(Nc4ccnc(N)n4)cc23)c1. The summed E-state index contributed by atoms with van der Waals surface area (Å²) in [6, 6.07) is 14.2. The summed E-state index contributed by atoms with van der Waals surface area (Å²) in [7, 11) is 1.55. The number of hydrogen-bond acceptors (Lipinski definition) is 7. The lowest BCUT2D eigenvalue weighted by molar-refractivity contribution is 0.102. The third-order valence-corrected chi connectivity index (χ3v) is 4.07. The molecule has 9 heteroatoms. The Morgan fingerprint density at radius 3 is 2.89 bits per heavy atom. The first kappa shape index (κ1) is 17.3. The zero-order valence-corrected chi connectivity index (χ0v) is 14.9. The minimum atomic E-state index is -0.283. The molecular formula is C19H17N7O2. The molecule has 4 rings (SSSR count). The second kappa shape index (κ2) is 7.23. The van der Waals surface area contributed by atoms with Gasteiger partial charge in [0.1, 0.15) is 11.6 Å². The van der Waals surface area contributed by atoms with E-state index in [-0.39, 0.29) is 11.9 Å². The molecular weight excluding hydrogens is 358 g/mol. The molecule has 0 bridgehead atoms. The highest BCUT2D eigenvalue weighted by Crippen LogP contribution is 2.26. The minimum absolute atomic E-state index is 0.181. The van der Waals surface area contributed by atoms with E-state index in [1.165, 1.54) is 0 Å². The number of aromatic amines is 1. The zero-order chi connectivity index (χ0) is 19.5. The number of methoxy groups -OCH3 is 1. The predicted molar refractivity (Wildman–Crippen MR) is 107 cm³/mol. The van der Waals surface area contributed by atoms with Gasteiger partial charge in [0.2, 0.25) is 5.95 Å². The number of fused-ring (bicyclic) bond motifs is 1. The number of rotatable bonds is 5. The molecule has 0 aliphatic carbocycles. The van der Waals surface area contributed by atoms with E-state index in [2.05, 4.69) is 30.8 Å². The predicted octanol–water partition coefficient (Wildman–Crippen LogP) is 2.94. The van der Waals surface area contributed by atoms with Gasteiger partial charge in [-0.25, -0.2) is 4.98 Å². The second-order valence-electron chi connectivity index (χ2n) is 5.94. The molecule has 2 aromatic heterocycles. The second-order valence-corrected chi connectivity index (χ2v) is 5.94. The minimum Gasteiger partial charge on any atom is -0.497 e. The number of amides is 1. The Hall–Kier alpha value is -4.14. The van der Waals surface area contributed by atoms with Crippen LogP contribution in [0.5, 0.6) is 5.75 Å². The Labute approximate surface area is 160 Å². The number of carbonyl (C=O) groups excluding carboxylic acids is 1. The number of H-pyrrole nitrogens is 1. The van der Waals surface area contributed by atoms with E-state index in [0.29, 0.717) is 22.9 Å². The van der Waals surface area contributed by atoms with Crippen molar-refractivity contribution in [2.24, 2.45) is 0 Å². The molecule has 0 aliphatic heterocycles. The van der Waals surface area contributed by atoms with Crippen molar-refractivity contribution in [2.45, 2.75) is 0 Å². The van der Waals surface area contributed by atoms with E-state index in [1.54, 1.807) is 43.6 Å². The van der Waals surface area contributed by atoms with Crippen LogP contribution in [0.4, 0.5) is 23.3 Å². The molecule has 0 spiro atoms. The monoisotopic (exact) mass is 375 g/mol. The summed E-state index contributed by atoms with van der Waals surface area (Å²) in [5, 5.41) is 13.8. The van der Waals surface area contributed by atoms with Crippen LogP contribution in [0.2, 0.25) is 0 Å². The summed E-state index contributed by atoms with van der Waals surface area (Å²) in [5.41, 5.74) is 7.63. The first-order chi connectivity index (χ1) is 13.6. The van der Waals surface area contributed by atoms with Crippen molar-refractivity contribution >= 4 is 40.1 Å². The largest absolute Gasteiger partial charge is 0.497 e. The molecule has 1 amide bonds. The van der Waals surface area contributed by atoms with Crippen molar-refractivity contribution in [3.63, 3.8) is 0 Å². The number of carbonyl (C=O) groups is 1.